The van der Waals surface area contributed by atoms with E-state index in [4.69, 9.17) is 0 Å². The van der Waals surface area contributed by atoms with Gasteiger partial charge in [-0.2, -0.15) is 0 Å². The van der Waals surface area contributed by atoms with Crippen LogP contribution in [-0.2, 0) is 17.8 Å². The SMILES string of the molecule is CC(C)[C@H](CC1CCCCC1)N1Cc2cc(O)ccc2C[C@H]1NC=O. The Labute approximate surface area is 151 Å². The summed E-state index contributed by atoms with van der Waals surface area (Å²) in [5.41, 5.74) is 2.42. The molecule has 0 saturated heterocycles. The highest BCUT2D eigenvalue weighted by Gasteiger charge is 2.34. The van der Waals surface area contributed by atoms with Gasteiger partial charge < -0.3 is 10.4 Å². The monoisotopic (exact) mass is 344 g/mol. The molecular formula is C21H32N2O2. The highest BCUT2D eigenvalue weighted by molar-refractivity contribution is 5.47. The molecule has 1 fully saturated rings. The minimum Gasteiger partial charge on any atom is -0.508 e. The average Bonchev–Trinajstić information content (AvgIpc) is 2.60. The molecule has 4 heteroatoms. The molecule has 1 amide bonds. The number of aromatic hydroxyl groups is 1. The Morgan fingerprint density at radius 2 is 2.00 bits per heavy atom. The Balaban J connectivity index is 1.82. The predicted molar refractivity (Wildman–Crippen MR) is 100 cm³/mol. The first-order valence-corrected chi connectivity index (χ1v) is 9.84. The molecule has 1 heterocycles. The highest BCUT2D eigenvalue weighted by atomic mass is 16.3. The molecule has 0 radical (unpaired) electrons. The summed E-state index contributed by atoms with van der Waals surface area (Å²) in [5.74, 6) is 1.68. The summed E-state index contributed by atoms with van der Waals surface area (Å²) < 4.78 is 0. The van der Waals surface area contributed by atoms with Crippen molar-refractivity contribution in [3.8, 4) is 5.75 Å². The normalized spacial score (nSPS) is 23.2. The van der Waals surface area contributed by atoms with E-state index in [9.17, 15) is 9.90 Å². The molecule has 0 spiro atoms. The first kappa shape index (κ1) is 18.2. The van der Waals surface area contributed by atoms with Crippen LogP contribution in [0.5, 0.6) is 5.75 Å². The molecule has 0 unspecified atom stereocenters. The maximum Gasteiger partial charge on any atom is 0.208 e. The Morgan fingerprint density at radius 1 is 1.24 bits per heavy atom. The summed E-state index contributed by atoms with van der Waals surface area (Å²) in [6, 6.07) is 6.08. The second-order valence-corrected chi connectivity index (χ2v) is 8.18. The molecule has 4 nitrogen and oxygen atoms in total. The number of phenolic OH excluding ortho intramolecular Hbond substituents is 1. The molecule has 3 rings (SSSR count). The third-order valence-corrected chi connectivity index (χ3v) is 6.11. The van der Waals surface area contributed by atoms with Gasteiger partial charge in [0.15, 0.2) is 0 Å². The Bertz CT molecular complexity index is 581. The quantitative estimate of drug-likeness (QED) is 0.772. The van der Waals surface area contributed by atoms with Gasteiger partial charge in [-0.25, -0.2) is 0 Å². The van der Waals surface area contributed by atoms with Gasteiger partial charge in [-0.15, -0.1) is 0 Å². The molecule has 2 atom stereocenters. The van der Waals surface area contributed by atoms with E-state index >= 15 is 0 Å². The van der Waals surface area contributed by atoms with Crippen molar-refractivity contribution in [2.75, 3.05) is 0 Å². The number of fused-ring (bicyclic) bond motifs is 1. The lowest BCUT2D eigenvalue weighted by Crippen LogP contribution is -2.55. The third-order valence-electron chi connectivity index (χ3n) is 6.11. The summed E-state index contributed by atoms with van der Waals surface area (Å²) in [6.07, 6.45) is 9.71. The van der Waals surface area contributed by atoms with Crippen molar-refractivity contribution in [2.45, 2.75) is 77.5 Å². The number of hydrogen-bond donors (Lipinski definition) is 2. The molecule has 1 aromatic rings. The summed E-state index contributed by atoms with van der Waals surface area (Å²) in [4.78, 5) is 13.7. The Morgan fingerprint density at radius 3 is 2.68 bits per heavy atom. The second kappa shape index (κ2) is 8.22. The molecule has 0 aromatic heterocycles. The van der Waals surface area contributed by atoms with Crippen LogP contribution in [0.4, 0.5) is 0 Å². The van der Waals surface area contributed by atoms with Gasteiger partial charge in [-0.05, 0) is 41.5 Å². The van der Waals surface area contributed by atoms with Crippen LogP contribution < -0.4 is 5.32 Å². The van der Waals surface area contributed by atoms with E-state index in [0.29, 0.717) is 17.7 Å². The van der Waals surface area contributed by atoms with Crippen LogP contribution in [0.1, 0.15) is 63.5 Å². The van der Waals surface area contributed by atoms with Crippen molar-refractivity contribution in [3.05, 3.63) is 29.3 Å². The fraction of sp³-hybridized carbons (Fsp3) is 0.667. The number of hydrogen-bond acceptors (Lipinski definition) is 3. The van der Waals surface area contributed by atoms with Crippen LogP contribution in [0, 0.1) is 11.8 Å². The largest absolute Gasteiger partial charge is 0.508 e. The summed E-state index contributed by atoms with van der Waals surface area (Å²) in [5, 5.41) is 12.9. The van der Waals surface area contributed by atoms with E-state index in [1.54, 1.807) is 6.07 Å². The number of nitrogens with one attached hydrogen (secondary N) is 1. The molecule has 2 N–H and O–H groups in total. The number of benzene rings is 1. The topological polar surface area (TPSA) is 52.6 Å². The number of phenols is 1. The smallest absolute Gasteiger partial charge is 0.208 e. The van der Waals surface area contributed by atoms with E-state index in [-0.39, 0.29) is 6.17 Å². The molecule has 1 aliphatic carbocycles. The van der Waals surface area contributed by atoms with E-state index in [2.05, 4.69) is 24.1 Å². The van der Waals surface area contributed by atoms with Crippen molar-refractivity contribution in [1.29, 1.82) is 0 Å². The number of amides is 1. The predicted octanol–water partition coefficient (Wildman–Crippen LogP) is 3.82. The summed E-state index contributed by atoms with van der Waals surface area (Å²) in [7, 11) is 0. The van der Waals surface area contributed by atoms with Gasteiger partial charge in [0.1, 0.15) is 5.75 Å². The van der Waals surface area contributed by atoms with Crippen molar-refractivity contribution in [3.63, 3.8) is 0 Å². The maximum absolute atomic E-state index is 11.2. The summed E-state index contributed by atoms with van der Waals surface area (Å²) >= 11 is 0. The molecule has 1 aliphatic heterocycles. The summed E-state index contributed by atoms with van der Waals surface area (Å²) in [6.45, 7) is 5.39. The zero-order valence-electron chi connectivity index (χ0n) is 15.6. The van der Waals surface area contributed by atoms with Crippen LogP contribution in [0.2, 0.25) is 0 Å². The molecule has 138 valence electrons. The van der Waals surface area contributed by atoms with Gasteiger partial charge in [0, 0.05) is 19.0 Å². The van der Waals surface area contributed by atoms with Crippen LogP contribution in [-0.4, -0.2) is 28.6 Å². The zero-order chi connectivity index (χ0) is 17.8. The fourth-order valence-corrected chi connectivity index (χ4v) is 4.73. The fourth-order valence-electron chi connectivity index (χ4n) is 4.73. The van der Waals surface area contributed by atoms with Gasteiger partial charge in [-0.3, -0.25) is 9.69 Å². The molecular weight excluding hydrogens is 312 g/mol. The van der Waals surface area contributed by atoms with Gasteiger partial charge >= 0.3 is 0 Å². The molecule has 1 saturated carbocycles. The van der Waals surface area contributed by atoms with Gasteiger partial charge in [0.05, 0.1) is 6.17 Å². The average molecular weight is 344 g/mol. The minimum absolute atomic E-state index is 0.0468. The molecule has 2 aliphatic rings. The first-order valence-electron chi connectivity index (χ1n) is 9.84. The number of nitrogens with zero attached hydrogens (tertiary/aromatic N) is 1. The number of carbonyl (C=O) groups excluding carboxylic acids is 1. The van der Waals surface area contributed by atoms with Gasteiger partial charge in [-0.1, -0.05) is 52.0 Å². The lowest BCUT2D eigenvalue weighted by atomic mass is 9.81. The molecule has 1 aromatic carbocycles. The highest BCUT2D eigenvalue weighted by Crippen LogP contribution is 2.34. The zero-order valence-corrected chi connectivity index (χ0v) is 15.6. The van der Waals surface area contributed by atoms with Crippen molar-refractivity contribution in [2.24, 2.45) is 11.8 Å². The number of rotatable bonds is 6. The Kier molecular flexibility index (Phi) is 6.00. The van der Waals surface area contributed by atoms with Crippen LogP contribution >= 0.6 is 0 Å². The van der Waals surface area contributed by atoms with Crippen molar-refractivity contribution in [1.82, 2.24) is 10.2 Å². The minimum atomic E-state index is 0.0468. The Hall–Kier alpha value is -1.55. The van der Waals surface area contributed by atoms with E-state index in [1.165, 1.54) is 49.7 Å². The van der Waals surface area contributed by atoms with Crippen LogP contribution in [0.25, 0.3) is 0 Å². The lowest BCUT2D eigenvalue weighted by Gasteiger charge is -2.44. The van der Waals surface area contributed by atoms with Crippen molar-refractivity contribution >= 4 is 6.41 Å². The van der Waals surface area contributed by atoms with Gasteiger partial charge in [0.25, 0.3) is 0 Å². The number of carbonyl (C=O) groups is 1. The second-order valence-electron chi connectivity index (χ2n) is 8.18. The maximum atomic E-state index is 11.2. The van der Waals surface area contributed by atoms with E-state index < -0.39 is 0 Å². The van der Waals surface area contributed by atoms with Gasteiger partial charge in [0.2, 0.25) is 6.41 Å². The van der Waals surface area contributed by atoms with E-state index in [1.807, 2.05) is 12.1 Å². The van der Waals surface area contributed by atoms with Crippen molar-refractivity contribution < 1.29 is 9.90 Å². The van der Waals surface area contributed by atoms with Crippen LogP contribution in [0.3, 0.4) is 0 Å². The molecule has 0 bridgehead atoms. The standard InChI is InChI=1S/C21H32N2O2/c1-15(2)20(10-16-6-4-3-5-7-16)23-13-18-11-19(25)9-8-17(18)12-21(23)22-14-24/h8-9,11,14-16,20-21,25H,3-7,10,12-13H2,1-2H3,(H,22,24)/t20-,21-/m0/s1. The third kappa shape index (κ3) is 4.35. The molecule has 25 heavy (non-hydrogen) atoms. The lowest BCUT2D eigenvalue weighted by molar-refractivity contribution is -0.112. The van der Waals surface area contributed by atoms with Crippen LogP contribution in [0.15, 0.2) is 18.2 Å². The first-order chi connectivity index (χ1) is 12.1. The van der Waals surface area contributed by atoms with E-state index in [0.717, 1.165) is 25.3 Å².